The van der Waals surface area contributed by atoms with Crippen LogP contribution in [0.1, 0.15) is 28.4 Å². The third-order valence-electron chi connectivity index (χ3n) is 5.78. The molecule has 3 aliphatic rings. The molecule has 1 amide bonds. The van der Waals surface area contributed by atoms with Crippen molar-refractivity contribution in [2.45, 2.75) is 36.6 Å². The Morgan fingerprint density at radius 3 is 2.82 bits per heavy atom. The van der Waals surface area contributed by atoms with Crippen LogP contribution in [-0.2, 0) is 4.79 Å². The Hall–Kier alpha value is -2.24. The highest BCUT2D eigenvalue weighted by Crippen LogP contribution is 2.37. The van der Waals surface area contributed by atoms with Gasteiger partial charge in [0.1, 0.15) is 6.54 Å². The van der Waals surface area contributed by atoms with Gasteiger partial charge in [-0.3, -0.25) is 15.6 Å². The topological polar surface area (TPSA) is 107 Å². The number of hydrazine groups is 1. The molecule has 1 aromatic rings. The summed E-state index contributed by atoms with van der Waals surface area (Å²) in [6, 6.07) is 1.85. The Bertz CT molecular complexity index is 790. The van der Waals surface area contributed by atoms with E-state index in [1.807, 2.05) is 0 Å². The molecule has 0 bridgehead atoms. The fourth-order valence-electron chi connectivity index (χ4n) is 4.65. The van der Waals surface area contributed by atoms with E-state index in [-0.39, 0.29) is 36.7 Å². The minimum Gasteiger partial charge on any atom is -0.477 e. The molecular weight excluding hydrogens is 379 g/mol. The Kier molecular flexibility index (Phi) is 4.76. The first kappa shape index (κ1) is 19.1. The lowest BCUT2D eigenvalue weighted by Crippen LogP contribution is -2.71. The minimum absolute atomic E-state index is 0.115. The van der Waals surface area contributed by atoms with Crippen LogP contribution in [0.15, 0.2) is 18.3 Å². The van der Waals surface area contributed by atoms with E-state index in [2.05, 4.69) is 21.2 Å². The van der Waals surface area contributed by atoms with Crippen molar-refractivity contribution in [1.82, 2.24) is 26.1 Å². The molecule has 3 fully saturated rings. The van der Waals surface area contributed by atoms with Crippen LogP contribution in [0.2, 0.25) is 0 Å². The van der Waals surface area contributed by atoms with Gasteiger partial charge in [-0.05, 0) is 18.1 Å². The molecule has 152 valence electrons. The summed E-state index contributed by atoms with van der Waals surface area (Å²) < 4.78 is 39.5. The lowest BCUT2D eigenvalue weighted by atomic mass is 9.76. The smallest absolute Gasteiger partial charge is 0.406 e. The zero-order chi connectivity index (χ0) is 20.1. The molecule has 3 aliphatic heterocycles. The molecule has 0 aromatic carbocycles. The van der Waals surface area contributed by atoms with Gasteiger partial charge in [-0.2, -0.15) is 13.2 Å². The maximum atomic E-state index is 13.2. The monoisotopic (exact) mass is 399 g/mol. The molecule has 3 saturated heterocycles. The Labute approximate surface area is 158 Å². The van der Waals surface area contributed by atoms with Crippen molar-refractivity contribution >= 4 is 11.9 Å². The van der Waals surface area contributed by atoms with Crippen LogP contribution in [-0.4, -0.2) is 70.8 Å². The number of pyridine rings is 1. The fraction of sp³-hybridized carbons (Fsp3) is 0.588. The molecule has 0 saturated carbocycles. The van der Waals surface area contributed by atoms with Crippen LogP contribution >= 0.6 is 0 Å². The van der Waals surface area contributed by atoms with Crippen molar-refractivity contribution in [2.75, 3.05) is 19.6 Å². The third-order valence-corrected chi connectivity index (χ3v) is 5.78. The highest BCUT2D eigenvalue weighted by Gasteiger charge is 2.54. The van der Waals surface area contributed by atoms with E-state index in [0.717, 1.165) is 4.90 Å². The van der Waals surface area contributed by atoms with E-state index in [0.29, 0.717) is 12.1 Å². The van der Waals surface area contributed by atoms with Crippen LogP contribution in [0, 0.1) is 5.92 Å². The molecule has 0 spiro atoms. The number of fused-ring (bicyclic) bond motifs is 3. The molecule has 1 aromatic heterocycles. The van der Waals surface area contributed by atoms with Gasteiger partial charge in [-0.15, -0.1) is 0 Å². The van der Waals surface area contributed by atoms with Gasteiger partial charge in [0.25, 0.3) is 0 Å². The van der Waals surface area contributed by atoms with Crippen molar-refractivity contribution in [3.05, 3.63) is 29.6 Å². The predicted octanol–water partition coefficient (Wildman–Crippen LogP) is 0.0910. The highest BCUT2D eigenvalue weighted by atomic mass is 19.4. The SMILES string of the molecule is O=C(O)c1ncccc1C1CNC2C3NNCC3C(=O)N(CC(F)(F)F)C2C1. The van der Waals surface area contributed by atoms with Crippen LogP contribution in [0.25, 0.3) is 0 Å². The molecule has 5 unspecified atom stereocenters. The summed E-state index contributed by atoms with van der Waals surface area (Å²) in [7, 11) is 0. The molecular formula is C17H20F3N5O3. The second-order valence-corrected chi connectivity index (χ2v) is 7.42. The summed E-state index contributed by atoms with van der Waals surface area (Å²) in [5.41, 5.74) is 6.22. The van der Waals surface area contributed by atoms with Crippen molar-refractivity contribution in [1.29, 1.82) is 0 Å². The predicted molar refractivity (Wildman–Crippen MR) is 90.3 cm³/mol. The number of alkyl halides is 3. The van der Waals surface area contributed by atoms with Gasteiger partial charge >= 0.3 is 12.1 Å². The first-order chi connectivity index (χ1) is 13.3. The molecule has 4 rings (SSSR count). The van der Waals surface area contributed by atoms with Gasteiger partial charge in [0.15, 0.2) is 5.69 Å². The zero-order valence-electron chi connectivity index (χ0n) is 14.7. The summed E-state index contributed by atoms with van der Waals surface area (Å²) in [6.45, 7) is -0.645. The molecule has 0 radical (unpaired) electrons. The van der Waals surface area contributed by atoms with E-state index in [9.17, 15) is 27.9 Å². The van der Waals surface area contributed by atoms with Crippen molar-refractivity contribution < 1.29 is 27.9 Å². The largest absolute Gasteiger partial charge is 0.477 e. The maximum absolute atomic E-state index is 13.2. The number of carbonyl (C=O) groups is 2. The van der Waals surface area contributed by atoms with Gasteiger partial charge in [0.05, 0.1) is 12.0 Å². The lowest BCUT2D eigenvalue weighted by Gasteiger charge is -2.50. The Morgan fingerprint density at radius 2 is 2.11 bits per heavy atom. The zero-order valence-corrected chi connectivity index (χ0v) is 14.7. The molecule has 4 heterocycles. The number of aromatic carboxylic acids is 1. The molecule has 5 atom stereocenters. The van der Waals surface area contributed by atoms with E-state index < -0.39 is 36.6 Å². The summed E-state index contributed by atoms with van der Waals surface area (Å²) in [4.78, 5) is 29.1. The lowest BCUT2D eigenvalue weighted by molar-refractivity contribution is -0.176. The summed E-state index contributed by atoms with van der Waals surface area (Å²) >= 11 is 0. The van der Waals surface area contributed by atoms with E-state index in [4.69, 9.17) is 0 Å². The molecule has 4 N–H and O–H groups in total. The average molecular weight is 399 g/mol. The van der Waals surface area contributed by atoms with Crippen molar-refractivity contribution in [2.24, 2.45) is 5.92 Å². The van der Waals surface area contributed by atoms with Crippen LogP contribution < -0.4 is 16.2 Å². The Balaban J connectivity index is 1.65. The van der Waals surface area contributed by atoms with Gasteiger partial charge in [0, 0.05) is 37.3 Å². The Morgan fingerprint density at radius 1 is 1.32 bits per heavy atom. The van der Waals surface area contributed by atoms with Crippen molar-refractivity contribution in [3.63, 3.8) is 0 Å². The number of halogens is 3. The number of hydrogen-bond acceptors (Lipinski definition) is 6. The standard InChI is InChI=1S/C17H20F3N5O3/c18-17(19,20)7-25-11-4-8(9-2-1-3-21-13(9)16(27)28)5-22-14(11)12-10(15(25)26)6-23-24-12/h1-3,8,10-12,14,22-24H,4-7H2,(H,27,28). The van der Waals surface area contributed by atoms with E-state index in [1.54, 1.807) is 12.1 Å². The van der Waals surface area contributed by atoms with Crippen LogP contribution in [0.5, 0.6) is 0 Å². The number of carbonyl (C=O) groups excluding carboxylic acids is 1. The summed E-state index contributed by atoms with van der Waals surface area (Å²) in [5, 5.41) is 12.6. The third kappa shape index (κ3) is 3.33. The van der Waals surface area contributed by atoms with Gasteiger partial charge < -0.3 is 15.3 Å². The highest BCUT2D eigenvalue weighted by molar-refractivity contribution is 5.87. The first-order valence-corrected chi connectivity index (χ1v) is 9.03. The first-order valence-electron chi connectivity index (χ1n) is 9.03. The van der Waals surface area contributed by atoms with E-state index in [1.165, 1.54) is 6.20 Å². The van der Waals surface area contributed by atoms with E-state index >= 15 is 0 Å². The quantitative estimate of drug-likeness (QED) is 0.571. The second-order valence-electron chi connectivity index (χ2n) is 7.42. The number of carboxylic acids is 1. The second kappa shape index (κ2) is 6.98. The molecule has 0 aliphatic carbocycles. The van der Waals surface area contributed by atoms with Gasteiger partial charge in [-0.25, -0.2) is 9.78 Å². The number of likely N-dealkylation sites (tertiary alicyclic amines) is 1. The van der Waals surface area contributed by atoms with Crippen molar-refractivity contribution in [3.8, 4) is 0 Å². The van der Waals surface area contributed by atoms with Crippen LogP contribution in [0.4, 0.5) is 13.2 Å². The number of hydrogen-bond donors (Lipinski definition) is 4. The van der Waals surface area contributed by atoms with Crippen LogP contribution in [0.3, 0.4) is 0 Å². The number of nitrogens with zero attached hydrogens (tertiary/aromatic N) is 2. The molecule has 28 heavy (non-hydrogen) atoms. The summed E-state index contributed by atoms with van der Waals surface area (Å²) in [5.74, 6) is -2.66. The normalized spacial score (nSPS) is 32.8. The maximum Gasteiger partial charge on any atom is 0.406 e. The average Bonchev–Trinajstić information content (AvgIpc) is 3.14. The minimum atomic E-state index is -4.51. The molecule has 8 nitrogen and oxygen atoms in total. The van der Waals surface area contributed by atoms with Gasteiger partial charge in [0.2, 0.25) is 5.91 Å². The number of piperidine rings is 2. The summed E-state index contributed by atoms with van der Waals surface area (Å²) in [6.07, 6.45) is -2.92. The fourth-order valence-corrected chi connectivity index (χ4v) is 4.65. The number of aromatic nitrogens is 1. The number of carboxylic acid groups (broad SMARTS) is 1. The number of rotatable bonds is 3. The molecule has 11 heteroatoms. The number of nitrogens with one attached hydrogen (secondary N) is 3. The number of amides is 1. The van der Waals surface area contributed by atoms with Gasteiger partial charge in [-0.1, -0.05) is 6.07 Å².